The summed E-state index contributed by atoms with van der Waals surface area (Å²) in [5.74, 6) is 0.00700. The average molecular weight is 463 g/mol. The number of carbonyl (C=O) groups excluding carboxylic acids is 1. The highest BCUT2D eigenvalue weighted by molar-refractivity contribution is 7.13. The maximum absolute atomic E-state index is 13.6. The smallest absolute Gasteiger partial charge is 0.272 e. The predicted octanol–water partition coefficient (Wildman–Crippen LogP) is 5.53. The molecule has 0 saturated carbocycles. The molecule has 1 aliphatic rings. The molecule has 0 bridgehead atoms. The van der Waals surface area contributed by atoms with E-state index in [1.54, 1.807) is 16.0 Å². The van der Waals surface area contributed by atoms with E-state index in [4.69, 9.17) is 16.7 Å². The molecule has 1 aliphatic heterocycles. The van der Waals surface area contributed by atoms with E-state index in [0.717, 1.165) is 45.6 Å². The zero-order valence-corrected chi connectivity index (χ0v) is 19.3. The monoisotopic (exact) mass is 462 g/mol. The molecule has 2 aromatic carbocycles. The molecule has 32 heavy (non-hydrogen) atoms. The Morgan fingerprint density at radius 1 is 0.938 bits per heavy atom. The second kappa shape index (κ2) is 8.81. The SMILES string of the molecule is Cc1cccc(-n2nc(-c3cccs3)cc2C(=O)N2CCN(c3cccc(Cl)c3)CC2)c1. The number of anilines is 1. The summed E-state index contributed by atoms with van der Waals surface area (Å²) in [6.45, 7) is 4.88. The van der Waals surface area contributed by atoms with Crippen molar-refractivity contribution in [1.82, 2.24) is 14.7 Å². The van der Waals surface area contributed by atoms with Crippen molar-refractivity contribution >= 4 is 34.5 Å². The molecule has 1 amide bonds. The minimum atomic E-state index is 0.00700. The average Bonchev–Trinajstić information content (AvgIpc) is 3.49. The number of nitrogens with zero attached hydrogens (tertiary/aromatic N) is 4. The second-order valence-corrected chi connectivity index (χ2v) is 9.29. The van der Waals surface area contributed by atoms with E-state index in [-0.39, 0.29) is 5.91 Å². The number of hydrogen-bond donors (Lipinski definition) is 0. The Hall–Kier alpha value is -3.09. The van der Waals surface area contributed by atoms with Gasteiger partial charge in [0.25, 0.3) is 5.91 Å². The molecule has 5 nitrogen and oxygen atoms in total. The fourth-order valence-electron chi connectivity index (χ4n) is 4.04. The van der Waals surface area contributed by atoms with Crippen LogP contribution in [0.3, 0.4) is 0 Å². The van der Waals surface area contributed by atoms with Gasteiger partial charge in [-0.15, -0.1) is 11.3 Å². The van der Waals surface area contributed by atoms with E-state index in [0.29, 0.717) is 18.8 Å². The third kappa shape index (κ3) is 4.16. The number of thiophene rings is 1. The van der Waals surface area contributed by atoms with Crippen LogP contribution in [-0.2, 0) is 0 Å². The van der Waals surface area contributed by atoms with Crippen LogP contribution in [0.5, 0.6) is 0 Å². The quantitative estimate of drug-likeness (QED) is 0.400. The number of aryl methyl sites for hydroxylation is 1. The normalized spacial score (nSPS) is 14.1. The molecule has 3 heterocycles. The van der Waals surface area contributed by atoms with Crippen LogP contribution in [0.15, 0.2) is 72.1 Å². The van der Waals surface area contributed by atoms with Crippen LogP contribution in [0.1, 0.15) is 16.1 Å². The standard InChI is InChI=1S/C25H23ClN4OS/c1-18-5-2-8-21(15-18)30-23(17-22(27-30)24-9-4-14-32-24)25(31)29-12-10-28(11-13-29)20-7-3-6-19(26)16-20/h2-9,14-17H,10-13H2,1H3. The summed E-state index contributed by atoms with van der Waals surface area (Å²) in [6.07, 6.45) is 0. The van der Waals surface area contributed by atoms with Crippen LogP contribution in [0.25, 0.3) is 16.3 Å². The van der Waals surface area contributed by atoms with Crippen molar-refractivity contribution in [2.75, 3.05) is 31.1 Å². The van der Waals surface area contributed by atoms with Crippen molar-refractivity contribution in [2.45, 2.75) is 6.92 Å². The third-order valence-corrected chi connectivity index (χ3v) is 6.82. The van der Waals surface area contributed by atoms with E-state index in [1.807, 2.05) is 71.8 Å². The van der Waals surface area contributed by atoms with Crippen LogP contribution in [-0.4, -0.2) is 46.8 Å². The van der Waals surface area contributed by atoms with Crippen LogP contribution >= 0.6 is 22.9 Å². The van der Waals surface area contributed by atoms with E-state index in [9.17, 15) is 4.79 Å². The predicted molar refractivity (Wildman–Crippen MR) is 131 cm³/mol. The number of piperazine rings is 1. The highest BCUT2D eigenvalue weighted by Crippen LogP contribution is 2.27. The lowest BCUT2D eigenvalue weighted by atomic mass is 10.2. The van der Waals surface area contributed by atoms with Gasteiger partial charge < -0.3 is 9.80 Å². The molecule has 5 rings (SSSR count). The number of aromatic nitrogens is 2. The molecule has 0 N–H and O–H groups in total. The molecule has 4 aromatic rings. The summed E-state index contributed by atoms with van der Waals surface area (Å²) in [5.41, 5.74) is 4.53. The number of benzene rings is 2. The molecule has 0 unspecified atom stereocenters. The minimum Gasteiger partial charge on any atom is -0.368 e. The molecular weight excluding hydrogens is 440 g/mol. The summed E-state index contributed by atoms with van der Waals surface area (Å²) < 4.78 is 1.79. The van der Waals surface area contributed by atoms with Gasteiger partial charge in [-0.25, -0.2) is 4.68 Å². The molecule has 2 aromatic heterocycles. The first-order chi connectivity index (χ1) is 15.6. The first-order valence-electron chi connectivity index (χ1n) is 10.6. The molecule has 0 atom stereocenters. The molecular formula is C25H23ClN4OS. The fourth-order valence-corrected chi connectivity index (χ4v) is 4.90. The molecule has 1 fully saturated rings. The zero-order chi connectivity index (χ0) is 22.1. The van der Waals surface area contributed by atoms with Crippen molar-refractivity contribution in [3.05, 3.63) is 88.4 Å². The molecule has 0 aliphatic carbocycles. The van der Waals surface area contributed by atoms with Crippen molar-refractivity contribution in [1.29, 1.82) is 0 Å². The van der Waals surface area contributed by atoms with Crippen molar-refractivity contribution in [3.63, 3.8) is 0 Å². The highest BCUT2D eigenvalue weighted by Gasteiger charge is 2.26. The molecule has 1 saturated heterocycles. The third-order valence-electron chi connectivity index (χ3n) is 5.69. The largest absolute Gasteiger partial charge is 0.368 e. The van der Waals surface area contributed by atoms with Crippen LogP contribution < -0.4 is 4.90 Å². The Labute approximate surface area is 196 Å². The van der Waals surface area contributed by atoms with Crippen molar-refractivity contribution in [2.24, 2.45) is 0 Å². The van der Waals surface area contributed by atoms with Gasteiger partial charge in [0.15, 0.2) is 0 Å². The summed E-state index contributed by atoms with van der Waals surface area (Å²) in [4.78, 5) is 18.8. The summed E-state index contributed by atoms with van der Waals surface area (Å²) >= 11 is 7.78. The topological polar surface area (TPSA) is 41.4 Å². The summed E-state index contributed by atoms with van der Waals surface area (Å²) in [6, 6.07) is 21.9. The minimum absolute atomic E-state index is 0.00700. The lowest BCUT2D eigenvalue weighted by molar-refractivity contribution is 0.0737. The number of amides is 1. The number of rotatable bonds is 4. The molecule has 162 valence electrons. The van der Waals surface area contributed by atoms with Crippen molar-refractivity contribution < 1.29 is 4.79 Å². The maximum atomic E-state index is 13.6. The highest BCUT2D eigenvalue weighted by atomic mass is 35.5. The van der Waals surface area contributed by atoms with E-state index < -0.39 is 0 Å². The molecule has 0 radical (unpaired) electrons. The van der Waals surface area contributed by atoms with E-state index >= 15 is 0 Å². The zero-order valence-electron chi connectivity index (χ0n) is 17.7. The van der Waals surface area contributed by atoms with E-state index in [1.165, 1.54) is 0 Å². The first kappa shape index (κ1) is 20.8. The second-order valence-electron chi connectivity index (χ2n) is 7.90. The van der Waals surface area contributed by atoms with Crippen LogP contribution in [0.4, 0.5) is 5.69 Å². The van der Waals surface area contributed by atoms with Gasteiger partial charge in [-0.3, -0.25) is 4.79 Å². The van der Waals surface area contributed by atoms with Gasteiger partial charge in [0.05, 0.1) is 10.6 Å². The lowest BCUT2D eigenvalue weighted by Gasteiger charge is -2.36. The molecule has 7 heteroatoms. The van der Waals surface area contributed by atoms with Gasteiger partial charge in [0.1, 0.15) is 11.4 Å². The summed E-state index contributed by atoms with van der Waals surface area (Å²) in [5, 5.41) is 7.56. The Morgan fingerprint density at radius 3 is 2.44 bits per heavy atom. The summed E-state index contributed by atoms with van der Waals surface area (Å²) in [7, 11) is 0. The van der Waals surface area contributed by atoms with Gasteiger partial charge in [0, 0.05) is 36.9 Å². The number of hydrogen-bond acceptors (Lipinski definition) is 4. The van der Waals surface area contributed by atoms with Gasteiger partial charge >= 0.3 is 0 Å². The Balaban J connectivity index is 1.42. The lowest BCUT2D eigenvalue weighted by Crippen LogP contribution is -2.49. The Bertz CT molecular complexity index is 1240. The fraction of sp³-hybridized carbons (Fsp3) is 0.200. The molecule has 0 spiro atoms. The number of halogens is 1. The van der Waals surface area contributed by atoms with Gasteiger partial charge in [-0.2, -0.15) is 5.10 Å². The first-order valence-corrected chi connectivity index (χ1v) is 11.8. The van der Waals surface area contributed by atoms with Crippen LogP contribution in [0, 0.1) is 6.92 Å². The van der Waals surface area contributed by atoms with Gasteiger partial charge in [-0.05, 0) is 60.3 Å². The van der Waals surface area contributed by atoms with Gasteiger partial charge in [0.2, 0.25) is 0 Å². The number of carbonyl (C=O) groups is 1. The maximum Gasteiger partial charge on any atom is 0.272 e. The van der Waals surface area contributed by atoms with Gasteiger partial charge in [-0.1, -0.05) is 35.9 Å². The van der Waals surface area contributed by atoms with Crippen molar-refractivity contribution in [3.8, 4) is 16.3 Å². The Morgan fingerprint density at radius 2 is 1.72 bits per heavy atom. The van der Waals surface area contributed by atoms with E-state index in [2.05, 4.69) is 17.0 Å². The van der Waals surface area contributed by atoms with Crippen LogP contribution in [0.2, 0.25) is 5.02 Å². The Kier molecular flexibility index (Phi) is 5.72.